The molecule has 1 N–H and O–H groups in total. The number of nitrogens with zero attached hydrogens (tertiary/aromatic N) is 3. The summed E-state index contributed by atoms with van der Waals surface area (Å²) >= 11 is 1.65. The topological polar surface area (TPSA) is 48.5 Å². The molecule has 158 valence electrons. The highest BCUT2D eigenvalue weighted by atomic mass is 32.1. The van der Waals surface area contributed by atoms with E-state index in [9.17, 15) is 18.0 Å². The SMILES string of the molecule is Cc1cc(C)c2nc(N3CCN(C(=O)Nc4ccc(C(F)(F)F)cc4)CC3)sc2c1. The minimum atomic E-state index is -4.39. The maximum absolute atomic E-state index is 12.7. The van der Waals surface area contributed by atoms with Gasteiger partial charge >= 0.3 is 12.2 Å². The standard InChI is InChI=1S/C21H21F3N4OS/c1-13-11-14(2)18-17(12-13)30-20(26-18)28-9-7-27(8-10-28)19(29)25-16-5-3-15(4-6-16)21(22,23)24/h3-6,11-12H,7-10H2,1-2H3,(H,25,29). The second-order valence-corrected chi connectivity index (χ2v) is 8.41. The molecule has 5 nitrogen and oxygen atoms in total. The number of nitrogens with one attached hydrogen (secondary N) is 1. The molecule has 0 bridgehead atoms. The largest absolute Gasteiger partial charge is 0.416 e. The van der Waals surface area contributed by atoms with Crippen LogP contribution in [0.5, 0.6) is 0 Å². The van der Waals surface area contributed by atoms with Crippen LogP contribution in [0.15, 0.2) is 36.4 Å². The Kier molecular flexibility index (Phi) is 5.31. The molecule has 2 amide bonds. The minimum absolute atomic E-state index is 0.315. The number of amides is 2. The van der Waals surface area contributed by atoms with E-state index >= 15 is 0 Å². The minimum Gasteiger partial charge on any atom is -0.345 e. The number of carbonyl (C=O) groups is 1. The molecule has 1 saturated heterocycles. The monoisotopic (exact) mass is 434 g/mol. The number of piperazine rings is 1. The normalized spacial score (nSPS) is 15.0. The van der Waals surface area contributed by atoms with Crippen molar-refractivity contribution in [2.75, 3.05) is 36.4 Å². The zero-order valence-electron chi connectivity index (χ0n) is 16.6. The number of urea groups is 1. The van der Waals surface area contributed by atoms with Gasteiger partial charge in [-0.2, -0.15) is 13.2 Å². The average Bonchev–Trinajstić information content (AvgIpc) is 3.12. The van der Waals surface area contributed by atoms with Crippen LogP contribution < -0.4 is 10.2 Å². The fraction of sp³-hybridized carbons (Fsp3) is 0.333. The quantitative estimate of drug-likeness (QED) is 0.597. The van der Waals surface area contributed by atoms with Crippen molar-refractivity contribution in [1.82, 2.24) is 9.88 Å². The maximum atomic E-state index is 12.7. The van der Waals surface area contributed by atoms with E-state index in [2.05, 4.69) is 36.2 Å². The molecule has 3 aromatic rings. The predicted octanol–water partition coefficient (Wildman–Crippen LogP) is 5.29. The van der Waals surface area contributed by atoms with Gasteiger partial charge < -0.3 is 15.1 Å². The Hall–Kier alpha value is -2.81. The zero-order chi connectivity index (χ0) is 21.5. The van der Waals surface area contributed by atoms with Gasteiger partial charge in [0.15, 0.2) is 5.13 Å². The Morgan fingerprint density at radius 3 is 2.37 bits per heavy atom. The Balaban J connectivity index is 1.37. The Morgan fingerprint density at radius 1 is 1.07 bits per heavy atom. The van der Waals surface area contributed by atoms with Crippen LogP contribution in [0.3, 0.4) is 0 Å². The molecule has 4 rings (SSSR count). The number of hydrogen-bond acceptors (Lipinski definition) is 4. The summed E-state index contributed by atoms with van der Waals surface area (Å²) in [7, 11) is 0. The third kappa shape index (κ3) is 4.21. The molecule has 30 heavy (non-hydrogen) atoms. The fourth-order valence-corrected chi connectivity index (χ4v) is 4.73. The van der Waals surface area contributed by atoms with Crippen molar-refractivity contribution in [2.45, 2.75) is 20.0 Å². The second-order valence-electron chi connectivity index (χ2n) is 7.40. The number of thiazole rings is 1. The number of rotatable bonds is 2. The van der Waals surface area contributed by atoms with Crippen LogP contribution in [0, 0.1) is 13.8 Å². The molecule has 1 aliphatic heterocycles. The number of fused-ring (bicyclic) bond motifs is 1. The lowest BCUT2D eigenvalue weighted by Crippen LogP contribution is -2.50. The number of aromatic nitrogens is 1. The van der Waals surface area contributed by atoms with Gasteiger partial charge in [-0.1, -0.05) is 17.4 Å². The zero-order valence-corrected chi connectivity index (χ0v) is 17.4. The van der Waals surface area contributed by atoms with Crippen LogP contribution in [0.25, 0.3) is 10.2 Å². The van der Waals surface area contributed by atoms with E-state index in [1.165, 1.54) is 17.7 Å². The lowest BCUT2D eigenvalue weighted by atomic mass is 10.1. The first-order valence-corrected chi connectivity index (χ1v) is 10.4. The highest BCUT2D eigenvalue weighted by molar-refractivity contribution is 7.22. The molecule has 2 aromatic carbocycles. The molecule has 0 spiro atoms. The summed E-state index contributed by atoms with van der Waals surface area (Å²) in [5.41, 5.74) is 2.98. The summed E-state index contributed by atoms with van der Waals surface area (Å²) in [6, 6.07) is 8.40. The van der Waals surface area contributed by atoms with Gasteiger partial charge in [-0.25, -0.2) is 9.78 Å². The van der Waals surface area contributed by atoms with Crippen LogP contribution in [0.1, 0.15) is 16.7 Å². The molecule has 0 atom stereocenters. The number of anilines is 2. The molecule has 0 saturated carbocycles. The molecule has 9 heteroatoms. The molecule has 0 aliphatic carbocycles. The van der Waals surface area contributed by atoms with Gasteiger partial charge in [-0.15, -0.1) is 0 Å². The van der Waals surface area contributed by atoms with Crippen molar-refractivity contribution in [1.29, 1.82) is 0 Å². The van der Waals surface area contributed by atoms with Crippen molar-refractivity contribution in [2.24, 2.45) is 0 Å². The smallest absolute Gasteiger partial charge is 0.345 e. The first-order chi connectivity index (χ1) is 14.2. The summed E-state index contributed by atoms with van der Waals surface area (Å²) in [5, 5.41) is 3.61. The summed E-state index contributed by atoms with van der Waals surface area (Å²) < 4.78 is 39.1. The van der Waals surface area contributed by atoms with Gasteiger partial charge in [-0.05, 0) is 55.3 Å². The Bertz CT molecular complexity index is 1070. The highest BCUT2D eigenvalue weighted by Crippen LogP contribution is 2.32. The van der Waals surface area contributed by atoms with Crippen molar-refractivity contribution in [3.05, 3.63) is 53.1 Å². The molecular formula is C21H21F3N4OS. The number of carbonyl (C=O) groups excluding carboxylic acids is 1. The van der Waals surface area contributed by atoms with Crippen molar-refractivity contribution in [3.8, 4) is 0 Å². The lowest BCUT2D eigenvalue weighted by molar-refractivity contribution is -0.137. The first kappa shape index (κ1) is 20.5. The number of benzene rings is 2. The molecule has 0 unspecified atom stereocenters. The average molecular weight is 434 g/mol. The van der Waals surface area contributed by atoms with Gasteiger partial charge in [0.2, 0.25) is 0 Å². The van der Waals surface area contributed by atoms with E-state index in [1.807, 2.05) is 0 Å². The third-order valence-electron chi connectivity index (χ3n) is 5.12. The number of halogens is 3. The second kappa shape index (κ2) is 7.79. The molecule has 1 aromatic heterocycles. The van der Waals surface area contributed by atoms with E-state index in [4.69, 9.17) is 4.98 Å². The first-order valence-electron chi connectivity index (χ1n) is 9.56. The van der Waals surface area contributed by atoms with Gasteiger partial charge in [-0.3, -0.25) is 0 Å². The number of alkyl halides is 3. The number of aryl methyl sites for hydroxylation is 2. The van der Waals surface area contributed by atoms with Crippen LogP contribution >= 0.6 is 11.3 Å². The van der Waals surface area contributed by atoms with Crippen molar-refractivity contribution < 1.29 is 18.0 Å². The molecule has 0 radical (unpaired) electrons. The van der Waals surface area contributed by atoms with Crippen LogP contribution in [0.2, 0.25) is 0 Å². The van der Waals surface area contributed by atoms with Gasteiger partial charge in [0.25, 0.3) is 0 Å². The van der Waals surface area contributed by atoms with Gasteiger partial charge in [0.1, 0.15) is 0 Å². The lowest BCUT2D eigenvalue weighted by Gasteiger charge is -2.34. The van der Waals surface area contributed by atoms with Crippen molar-refractivity contribution >= 4 is 38.4 Å². The van der Waals surface area contributed by atoms with Gasteiger partial charge in [0, 0.05) is 31.9 Å². The summed E-state index contributed by atoms with van der Waals surface area (Å²) in [6.45, 7) is 6.46. The molecular weight excluding hydrogens is 413 g/mol. The molecule has 1 aliphatic rings. The predicted molar refractivity (Wildman–Crippen MR) is 113 cm³/mol. The van der Waals surface area contributed by atoms with Crippen LogP contribution in [-0.4, -0.2) is 42.1 Å². The maximum Gasteiger partial charge on any atom is 0.416 e. The fourth-order valence-electron chi connectivity index (χ4n) is 3.54. The highest BCUT2D eigenvalue weighted by Gasteiger charge is 2.30. The molecule has 1 fully saturated rings. The summed E-state index contributed by atoms with van der Waals surface area (Å²) in [6.07, 6.45) is -4.39. The summed E-state index contributed by atoms with van der Waals surface area (Å²) in [5.74, 6) is 0. The van der Waals surface area contributed by atoms with Crippen LogP contribution in [-0.2, 0) is 6.18 Å². The van der Waals surface area contributed by atoms with E-state index in [0.717, 1.165) is 33.0 Å². The van der Waals surface area contributed by atoms with E-state index in [1.54, 1.807) is 16.2 Å². The van der Waals surface area contributed by atoms with E-state index < -0.39 is 11.7 Å². The van der Waals surface area contributed by atoms with E-state index in [-0.39, 0.29) is 6.03 Å². The summed E-state index contributed by atoms with van der Waals surface area (Å²) in [4.78, 5) is 21.1. The van der Waals surface area contributed by atoms with Crippen molar-refractivity contribution in [3.63, 3.8) is 0 Å². The number of hydrogen-bond donors (Lipinski definition) is 1. The molecule has 2 heterocycles. The Labute approximate surface area is 176 Å². The van der Waals surface area contributed by atoms with Gasteiger partial charge in [0.05, 0.1) is 15.8 Å². The van der Waals surface area contributed by atoms with Crippen LogP contribution in [0.4, 0.5) is 28.8 Å². The Morgan fingerprint density at radius 2 is 1.73 bits per heavy atom. The third-order valence-corrected chi connectivity index (χ3v) is 6.18. The van der Waals surface area contributed by atoms with E-state index in [0.29, 0.717) is 31.9 Å².